The maximum absolute atomic E-state index is 13.9. The van der Waals surface area contributed by atoms with Crippen LogP contribution in [0, 0.1) is 11.2 Å². The fourth-order valence-corrected chi connectivity index (χ4v) is 4.57. The first-order valence-electron chi connectivity index (χ1n) is 10.5. The summed E-state index contributed by atoms with van der Waals surface area (Å²) in [7, 11) is 0. The van der Waals surface area contributed by atoms with Crippen molar-refractivity contribution in [3.05, 3.63) is 83.8 Å². The lowest BCUT2D eigenvalue weighted by atomic mass is 9.69. The van der Waals surface area contributed by atoms with Crippen molar-refractivity contribution in [3.63, 3.8) is 0 Å². The normalized spacial score (nSPS) is 20.5. The molecule has 0 bridgehead atoms. The number of carbonyl (C=O) groups excluding carboxylic acids is 2. The van der Waals surface area contributed by atoms with Crippen molar-refractivity contribution < 1.29 is 18.7 Å². The molecule has 0 aromatic heterocycles. The summed E-state index contributed by atoms with van der Waals surface area (Å²) in [4.78, 5) is 28.1. The van der Waals surface area contributed by atoms with Gasteiger partial charge in [-0.3, -0.25) is 14.5 Å². The fraction of sp³-hybridized carbons (Fsp3) is 0.308. The Bertz CT molecular complexity index is 1070. The third kappa shape index (κ3) is 4.18. The zero-order chi connectivity index (χ0) is 22.2. The second-order valence-corrected chi connectivity index (χ2v) is 8.94. The molecule has 160 valence electrons. The van der Waals surface area contributed by atoms with E-state index in [1.807, 2.05) is 38.1 Å². The van der Waals surface area contributed by atoms with Gasteiger partial charge in [0.05, 0.1) is 5.69 Å². The summed E-state index contributed by atoms with van der Waals surface area (Å²) in [6, 6.07) is 13.5. The summed E-state index contributed by atoms with van der Waals surface area (Å²) in [6.07, 6.45) is 2.84. The van der Waals surface area contributed by atoms with Crippen LogP contribution < -0.4 is 9.64 Å². The number of carbonyl (C=O) groups is 2. The Labute approximate surface area is 182 Å². The zero-order valence-corrected chi connectivity index (χ0v) is 17.9. The molecule has 31 heavy (non-hydrogen) atoms. The van der Waals surface area contributed by atoms with Crippen LogP contribution in [0.5, 0.6) is 5.75 Å². The number of hydrogen-bond acceptors (Lipinski definition) is 3. The average molecular weight is 419 g/mol. The van der Waals surface area contributed by atoms with Gasteiger partial charge in [0.25, 0.3) is 0 Å². The maximum Gasteiger partial charge on any atom is 0.232 e. The Balaban J connectivity index is 1.80. The molecule has 1 heterocycles. The fourth-order valence-electron chi connectivity index (χ4n) is 4.57. The van der Waals surface area contributed by atoms with Crippen LogP contribution in [-0.4, -0.2) is 18.3 Å². The highest BCUT2D eigenvalue weighted by Gasteiger charge is 2.44. The Morgan fingerprint density at radius 1 is 1.16 bits per heavy atom. The number of amides is 1. The molecule has 0 spiro atoms. The second kappa shape index (κ2) is 8.14. The highest BCUT2D eigenvalue weighted by atomic mass is 19.1. The largest absolute Gasteiger partial charge is 0.490 e. The minimum absolute atomic E-state index is 0.0529. The van der Waals surface area contributed by atoms with E-state index in [9.17, 15) is 14.0 Å². The van der Waals surface area contributed by atoms with Crippen LogP contribution in [0.25, 0.3) is 0 Å². The molecule has 4 rings (SSSR count). The van der Waals surface area contributed by atoms with Crippen LogP contribution in [-0.2, 0) is 9.59 Å². The highest BCUT2D eigenvalue weighted by molar-refractivity contribution is 6.07. The molecule has 0 saturated carbocycles. The molecule has 0 saturated heterocycles. The molecule has 1 atom stereocenters. The van der Waals surface area contributed by atoms with E-state index in [0.717, 1.165) is 5.56 Å². The molecule has 1 amide bonds. The molecule has 0 fully saturated rings. The Kier molecular flexibility index (Phi) is 5.52. The van der Waals surface area contributed by atoms with Crippen molar-refractivity contribution in [2.75, 3.05) is 11.5 Å². The van der Waals surface area contributed by atoms with Gasteiger partial charge >= 0.3 is 0 Å². The predicted molar refractivity (Wildman–Crippen MR) is 118 cm³/mol. The molecule has 5 heteroatoms. The Hall–Kier alpha value is -3.21. The Morgan fingerprint density at radius 2 is 1.90 bits per heavy atom. The number of anilines is 1. The molecule has 1 aliphatic heterocycles. The number of ether oxygens (including phenoxy) is 1. The number of benzene rings is 2. The first-order chi connectivity index (χ1) is 14.8. The topological polar surface area (TPSA) is 46.6 Å². The van der Waals surface area contributed by atoms with Gasteiger partial charge in [0.1, 0.15) is 18.2 Å². The van der Waals surface area contributed by atoms with Crippen LogP contribution in [0.4, 0.5) is 10.1 Å². The maximum atomic E-state index is 13.9. The lowest BCUT2D eigenvalue weighted by molar-refractivity contribution is -0.121. The molecule has 0 radical (unpaired) electrons. The number of hydrogen-bond donors (Lipinski definition) is 0. The monoisotopic (exact) mass is 419 g/mol. The molecule has 2 aromatic rings. The summed E-state index contributed by atoms with van der Waals surface area (Å²) >= 11 is 0. The summed E-state index contributed by atoms with van der Waals surface area (Å²) in [5.41, 5.74) is 2.46. The number of Topliss-reactive ketones (excluding diaryl/α,β-unsaturated/α-hetero) is 1. The van der Waals surface area contributed by atoms with E-state index in [1.165, 1.54) is 12.1 Å². The van der Waals surface area contributed by atoms with Gasteiger partial charge in [-0.15, -0.1) is 0 Å². The average Bonchev–Trinajstić information content (AvgIpc) is 2.71. The van der Waals surface area contributed by atoms with Gasteiger partial charge in [-0.25, -0.2) is 4.39 Å². The van der Waals surface area contributed by atoms with Gasteiger partial charge in [0.15, 0.2) is 5.78 Å². The summed E-state index contributed by atoms with van der Waals surface area (Å²) < 4.78 is 19.5. The van der Waals surface area contributed by atoms with Crippen LogP contribution in [0.1, 0.15) is 44.6 Å². The first kappa shape index (κ1) is 21.0. The third-order valence-electron chi connectivity index (χ3n) is 5.86. The van der Waals surface area contributed by atoms with E-state index >= 15 is 0 Å². The van der Waals surface area contributed by atoms with Crippen molar-refractivity contribution in [1.29, 1.82) is 0 Å². The molecule has 1 unspecified atom stereocenters. The third-order valence-corrected chi connectivity index (χ3v) is 5.86. The van der Waals surface area contributed by atoms with Gasteiger partial charge in [0.2, 0.25) is 5.91 Å². The van der Waals surface area contributed by atoms with Gasteiger partial charge in [-0.05, 0) is 47.7 Å². The standard InChI is InChI=1S/C26H26FNO3/c1-4-12-31-20-10-8-17(9-11-20)21-14-24(30)28(19-7-5-6-18(27)13-19)22-15-26(2,3)16-23(29)25(21)22/h4-11,13,21H,1,12,14-16H2,2-3H3. The zero-order valence-electron chi connectivity index (χ0n) is 17.9. The van der Waals surface area contributed by atoms with E-state index in [0.29, 0.717) is 42.2 Å². The number of nitrogens with zero attached hydrogens (tertiary/aromatic N) is 1. The quantitative estimate of drug-likeness (QED) is 0.597. The van der Waals surface area contributed by atoms with Gasteiger partial charge in [0, 0.05) is 30.0 Å². The SMILES string of the molecule is C=CCOc1ccc(C2CC(=O)N(c3cccc(F)c3)C3=C2C(=O)CC(C)(C)C3)cc1. The first-order valence-corrected chi connectivity index (χ1v) is 10.5. The van der Waals surface area contributed by atoms with Crippen LogP contribution >= 0.6 is 0 Å². The predicted octanol–water partition coefficient (Wildman–Crippen LogP) is 5.55. The van der Waals surface area contributed by atoms with Gasteiger partial charge < -0.3 is 4.74 Å². The molecular weight excluding hydrogens is 393 g/mol. The minimum atomic E-state index is -0.411. The Morgan fingerprint density at radius 3 is 2.58 bits per heavy atom. The van der Waals surface area contributed by atoms with E-state index in [2.05, 4.69) is 6.58 Å². The van der Waals surface area contributed by atoms with Crippen molar-refractivity contribution >= 4 is 17.4 Å². The van der Waals surface area contributed by atoms with Gasteiger partial charge in [-0.1, -0.05) is 44.7 Å². The van der Waals surface area contributed by atoms with E-state index in [4.69, 9.17) is 4.74 Å². The van der Waals surface area contributed by atoms with Crippen LogP contribution in [0.15, 0.2) is 72.5 Å². The van der Waals surface area contributed by atoms with Crippen molar-refractivity contribution in [3.8, 4) is 5.75 Å². The number of allylic oxidation sites excluding steroid dienone is 2. The van der Waals surface area contributed by atoms with E-state index < -0.39 is 5.82 Å². The lowest BCUT2D eigenvalue weighted by Gasteiger charge is -2.43. The molecular formula is C26H26FNO3. The van der Waals surface area contributed by atoms with E-state index in [-0.39, 0.29) is 29.4 Å². The lowest BCUT2D eigenvalue weighted by Crippen LogP contribution is -2.43. The van der Waals surface area contributed by atoms with Crippen LogP contribution in [0.3, 0.4) is 0 Å². The summed E-state index contributed by atoms with van der Waals surface area (Å²) in [5.74, 6) is -0.100. The molecule has 2 aromatic carbocycles. The smallest absolute Gasteiger partial charge is 0.232 e. The highest BCUT2D eigenvalue weighted by Crippen LogP contribution is 2.48. The van der Waals surface area contributed by atoms with E-state index in [1.54, 1.807) is 23.1 Å². The number of rotatable bonds is 5. The number of halogens is 1. The molecule has 0 N–H and O–H groups in total. The minimum Gasteiger partial charge on any atom is -0.490 e. The molecule has 4 nitrogen and oxygen atoms in total. The van der Waals surface area contributed by atoms with Crippen LogP contribution in [0.2, 0.25) is 0 Å². The van der Waals surface area contributed by atoms with Crippen molar-refractivity contribution in [1.82, 2.24) is 0 Å². The van der Waals surface area contributed by atoms with Crippen molar-refractivity contribution in [2.24, 2.45) is 5.41 Å². The van der Waals surface area contributed by atoms with Gasteiger partial charge in [-0.2, -0.15) is 0 Å². The number of ketones is 1. The summed E-state index contributed by atoms with van der Waals surface area (Å²) in [6.45, 7) is 8.11. The molecule has 1 aliphatic carbocycles. The molecule has 2 aliphatic rings. The van der Waals surface area contributed by atoms with Crippen molar-refractivity contribution in [2.45, 2.75) is 39.0 Å². The second-order valence-electron chi connectivity index (χ2n) is 8.94. The summed E-state index contributed by atoms with van der Waals surface area (Å²) in [5, 5.41) is 0.